The summed E-state index contributed by atoms with van der Waals surface area (Å²) in [6, 6.07) is 13.9. The van der Waals surface area contributed by atoms with Crippen LogP contribution < -0.4 is 5.73 Å². The minimum Gasteiger partial charge on any atom is -0.463 e. The highest BCUT2D eigenvalue weighted by atomic mass is 127. The lowest BCUT2D eigenvalue weighted by atomic mass is 10.1. The molecule has 2 aromatic heterocycles. The van der Waals surface area contributed by atoms with Gasteiger partial charge in [0.2, 0.25) is 5.95 Å². The summed E-state index contributed by atoms with van der Waals surface area (Å²) in [5, 5.41) is 0. The van der Waals surface area contributed by atoms with Crippen molar-refractivity contribution in [1.29, 1.82) is 0 Å². The second-order valence-electron chi connectivity index (χ2n) is 4.33. The lowest BCUT2D eigenvalue weighted by Gasteiger charge is -2.08. The van der Waals surface area contributed by atoms with Gasteiger partial charge in [0.1, 0.15) is 5.69 Å². The quantitative estimate of drug-likeness (QED) is 0.710. The lowest BCUT2D eigenvalue weighted by molar-refractivity contribution is 0.579. The summed E-state index contributed by atoms with van der Waals surface area (Å²) in [6.07, 6.45) is 2.35. The van der Waals surface area contributed by atoms with Crippen LogP contribution in [0.2, 0.25) is 0 Å². The molecule has 0 radical (unpaired) electrons. The third kappa shape index (κ3) is 2.67. The zero-order chi connectivity index (χ0) is 13.9. The molecule has 0 aliphatic rings. The molecule has 0 unspecified atom stereocenters. The minimum atomic E-state index is 0.266. The highest BCUT2D eigenvalue weighted by Crippen LogP contribution is 2.27. The lowest BCUT2D eigenvalue weighted by Crippen LogP contribution is -2.05. The van der Waals surface area contributed by atoms with E-state index in [1.54, 1.807) is 6.26 Å². The van der Waals surface area contributed by atoms with Gasteiger partial charge in [0, 0.05) is 6.42 Å². The van der Waals surface area contributed by atoms with Gasteiger partial charge in [-0.3, -0.25) is 0 Å². The average Bonchev–Trinajstić information content (AvgIpc) is 2.97. The molecule has 0 amide bonds. The van der Waals surface area contributed by atoms with Crippen LogP contribution in [0.15, 0.2) is 53.1 Å². The Bertz CT molecular complexity index is 711. The highest BCUT2D eigenvalue weighted by Gasteiger charge is 2.15. The third-order valence-corrected chi connectivity index (χ3v) is 4.04. The molecule has 2 N–H and O–H groups in total. The molecule has 0 aliphatic heterocycles. The average molecular weight is 377 g/mol. The van der Waals surface area contributed by atoms with Crippen LogP contribution in [0.25, 0.3) is 11.5 Å². The molecule has 100 valence electrons. The molecule has 20 heavy (non-hydrogen) atoms. The number of nitrogen functional groups attached to an aromatic ring is 1. The van der Waals surface area contributed by atoms with E-state index < -0.39 is 0 Å². The van der Waals surface area contributed by atoms with Crippen molar-refractivity contribution in [3.63, 3.8) is 0 Å². The zero-order valence-corrected chi connectivity index (χ0v) is 12.7. The summed E-state index contributed by atoms with van der Waals surface area (Å²) in [5.74, 6) is 0.973. The molecule has 1 aromatic carbocycles. The summed E-state index contributed by atoms with van der Waals surface area (Å²) < 4.78 is 6.38. The Kier molecular flexibility index (Phi) is 3.68. The van der Waals surface area contributed by atoms with E-state index in [1.165, 1.54) is 5.56 Å². The van der Waals surface area contributed by atoms with E-state index in [0.717, 1.165) is 21.4 Å². The first-order valence-corrected chi connectivity index (χ1v) is 7.21. The molecule has 0 fully saturated rings. The Morgan fingerprint density at radius 1 is 1.05 bits per heavy atom. The van der Waals surface area contributed by atoms with Crippen LogP contribution in [-0.2, 0) is 6.42 Å². The van der Waals surface area contributed by atoms with Crippen molar-refractivity contribution in [3.8, 4) is 11.5 Å². The number of nitrogens with zero attached hydrogens (tertiary/aromatic N) is 2. The molecule has 0 atom stereocenters. The SMILES string of the molecule is Nc1nc(Cc2ccccc2)c(I)c(-c2ccco2)n1. The fourth-order valence-corrected chi connectivity index (χ4v) is 2.69. The topological polar surface area (TPSA) is 64.9 Å². The first kappa shape index (κ1) is 13.1. The number of nitrogens with two attached hydrogens (primary N) is 1. The van der Waals surface area contributed by atoms with Crippen molar-refractivity contribution in [1.82, 2.24) is 9.97 Å². The van der Waals surface area contributed by atoms with Gasteiger partial charge >= 0.3 is 0 Å². The number of anilines is 1. The second kappa shape index (κ2) is 5.62. The van der Waals surface area contributed by atoms with Gasteiger partial charge < -0.3 is 10.2 Å². The van der Waals surface area contributed by atoms with Gasteiger partial charge in [0.25, 0.3) is 0 Å². The van der Waals surface area contributed by atoms with Crippen molar-refractivity contribution in [2.75, 3.05) is 5.73 Å². The third-order valence-electron chi connectivity index (χ3n) is 2.91. The molecule has 4 nitrogen and oxygen atoms in total. The van der Waals surface area contributed by atoms with E-state index in [-0.39, 0.29) is 5.95 Å². The maximum atomic E-state index is 5.82. The summed E-state index contributed by atoms with van der Waals surface area (Å²) in [4.78, 5) is 8.64. The number of benzene rings is 1. The molecule has 3 rings (SSSR count). The molecule has 0 spiro atoms. The van der Waals surface area contributed by atoms with Gasteiger partial charge in [-0.2, -0.15) is 0 Å². The molecule has 5 heteroatoms. The minimum absolute atomic E-state index is 0.266. The van der Waals surface area contributed by atoms with E-state index in [1.807, 2.05) is 30.3 Å². The highest BCUT2D eigenvalue weighted by molar-refractivity contribution is 14.1. The smallest absolute Gasteiger partial charge is 0.220 e. The molecule has 0 bridgehead atoms. The molecule has 0 saturated heterocycles. The summed E-state index contributed by atoms with van der Waals surface area (Å²) in [5.41, 5.74) is 8.67. The van der Waals surface area contributed by atoms with Gasteiger partial charge in [0.05, 0.1) is 15.5 Å². The number of hydrogen-bond donors (Lipinski definition) is 1. The van der Waals surface area contributed by atoms with Gasteiger partial charge in [0.15, 0.2) is 5.76 Å². The van der Waals surface area contributed by atoms with Crippen LogP contribution in [0.1, 0.15) is 11.3 Å². The number of aromatic nitrogens is 2. The molecule has 0 saturated carbocycles. The molecular formula is C15H12IN3O. The normalized spacial score (nSPS) is 10.7. The number of hydrogen-bond acceptors (Lipinski definition) is 4. The Morgan fingerprint density at radius 3 is 2.55 bits per heavy atom. The van der Waals surface area contributed by atoms with Crippen LogP contribution in [0, 0.1) is 3.57 Å². The summed E-state index contributed by atoms with van der Waals surface area (Å²) in [7, 11) is 0. The van der Waals surface area contributed by atoms with E-state index >= 15 is 0 Å². The van der Waals surface area contributed by atoms with Crippen LogP contribution in [0.5, 0.6) is 0 Å². The molecule has 3 aromatic rings. The van der Waals surface area contributed by atoms with E-state index in [4.69, 9.17) is 10.2 Å². The van der Waals surface area contributed by atoms with Crippen LogP contribution in [-0.4, -0.2) is 9.97 Å². The van der Waals surface area contributed by atoms with Crippen molar-refractivity contribution >= 4 is 28.5 Å². The van der Waals surface area contributed by atoms with Gasteiger partial charge in [-0.05, 0) is 40.3 Å². The zero-order valence-electron chi connectivity index (χ0n) is 10.6. The van der Waals surface area contributed by atoms with Crippen LogP contribution >= 0.6 is 22.6 Å². The fourth-order valence-electron chi connectivity index (χ4n) is 2.00. The first-order chi connectivity index (χ1) is 9.74. The number of furan rings is 1. The Labute approximate surface area is 130 Å². The van der Waals surface area contributed by atoms with E-state index in [9.17, 15) is 0 Å². The van der Waals surface area contributed by atoms with Gasteiger partial charge in [-0.15, -0.1) is 0 Å². The Morgan fingerprint density at radius 2 is 1.85 bits per heavy atom. The van der Waals surface area contributed by atoms with Crippen molar-refractivity contribution in [2.45, 2.75) is 6.42 Å². The molecule has 2 heterocycles. The largest absolute Gasteiger partial charge is 0.463 e. The Balaban J connectivity index is 2.04. The van der Waals surface area contributed by atoms with Crippen molar-refractivity contribution < 1.29 is 4.42 Å². The predicted octanol–water partition coefficient (Wildman–Crippen LogP) is 3.51. The monoisotopic (exact) mass is 377 g/mol. The first-order valence-electron chi connectivity index (χ1n) is 6.14. The van der Waals surface area contributed by atoms with E-state index in [0.29, 0.717) is 5.76 Å². The van der Waals surface area contributed by atoms with Gasteiger partial charge in [-0.1, -0.05) is 30.3 Å². The predicted molar refractivity (Wildman–Crippen MR) is 86.1 cm³/mol. The fraction of sp³-hybridized carbons (Fsp3) is 0.0667. The van der Waals surface area contributed by atoms with Crippen LogP contribution in [0.4, 0.5) is 5.95 Å². The second-order valence-corrected chi connectivity index (χ2v) is 5.41. The van der Waals surface area contributed by atoms with Crippen molar-refractivity contribution in [2.24, 2.45) is 0 Å². The van der Waals surface area contributed by atoms with Crippen LogP contribution in [0.3, 0.4) is 0 Å². The summed E-state index contributed by atoms with van der Waals surface area (Å²) >= 11 is 2.24. The van der Waals surface area contributed by atoms with E-state index in [2.05, 4.69) is 44.7 Å². The Hall–Kier alpha value is -1.89. The number of halogens is 1. The molecular weight excluding hydrogens is 365 g/mol. The standard InChI is InChI=1S/C15H12IN3O/c16-13-11(9-10-5-2-1-3-6-10)18-15(17)19-14(13)12-7-4-8-20-12/h1-8H,9H2,(H2,17,18,19). The molecule has 0 aliphatic carbocycles. The number of rotatable bonds is 3. The maximum Gasteiger partial charge on any atom is 0.220 e. The van der Waals surface area contributed by atoms with Crippen molar-refractivity contribution in [3.05, 3.63) is 63.6 Å². The van der Waals surface area contributed by atoms with Gasteiger partial charge in [-0.25, -0.2) is 9.97 Å². The summed E-state index contributed by atoms with van der Waals surface area (Å²) in [6.45, 7) is 0. The maximum absolute atomic E-state index is 5.82.